The molecule has 102 valence electrons. The SMILES string of the molecule is CCCC(C)C(CN)N(CC)Cc1ccccc1. The van der Waals surface area contributed by atoms with Gasteiger partial charge in [-0.15, -0.1) is 0 Å². The van der Waals surface area contributed by atoms with E-state index in [4.69, 9.17) is 5.73 Å². The zero-order chi connectivity index (χ0) is 13.4. The molecule has 0 aliphatic rings. The summed E-state index contributed by atoms with van der Waals surface area (Å²) in [5.41, 5.74) is 7.37. The third-order valence-corrected chi connectivity index (χ3v) is 3.75. The van der Waals surface area contributed by atoms with Crippen molar-refractivity contribution in [1.29, 1.82) is 0 Å². The van der Waals surface area contributed by atoms with Crippen molar-refractivity contribution in [2.24, 2.45) is 11.7 Å². The fourth-order valence-corrected chi connectivity index (χ4v) is 2.67. The second kappa shape index (κ2) is 8.28. The fourth-order valence-electron chi connectivity index (χ4n) is 2.67. The van der Waals surface area contributed by atoms with Gasteiger partial charge in [0.1, 0.15) is 0 Å². The topological polar surface area (TPSA) is 29.3 Å². The number of rotatable bonds is 8. The molecule has 0 saturated carbocycles. The predicted octanol–water partition coefficient (Wildman–Crippen LogP) is 3.27. The number of nitrogens with two attached hydrogens (primary N) is 1. The first-order chi connectivity index (χ1) is 8.72. The van der Waals surface area contributed by atoms with Gasteiger partial charge in [0.25, 0.3) is 0 Å². The molecular weight excluding hydrogens is 220 g/mol. The Labute approximate surface area is 112 Å². The summed E-state index contributed by atoms with van der Waals surface area (Å²) in [6.45, 7) is 9.62. The molecule has 1 aromatic carbocycles. The Morgan fingerprint density at radius 3 is 2.33 bits per heavy atom. The summed E-state index contributed by atoms with van der Waals surface area (Å²) in [4.78, 5) is 2.51. The zero-order valence-corrected chi connectivity index (χ0v) is 12.1. The zero-order valence-electron chi connectivity index (χ0n) is 12.1. The highest BCUT2D eigenvalue weighted by molar-refractivity contribution is 5.14. The van der Waals surface area contributed by atoms with E-state index in [-0.39, 0.29) is 0 Å². The van der Waals surface area contributed by atoms with Gasteiger partial charge in [-0.3, -0.25) is 4.90 Å². The lowest BCUT2D eigenvalue weighted by molar-refractivity contribution is 0.147. The molecule has 18 heavy (non-hydrogen) atoms. The monoisotopic (exact) mass is 248 g/mol. The van der Waals surface area contributed by atoms with Crippen LogP contribution in [0.15, 0.2) is 30.3 Å². The molecule has 0 aliphatic heterocycles. The summed E-state index contributed by atoms with van der Waals surface area (Å²) in [6.07, 6.45) is 2.49. The Morgan fingerprint density at radius 1 is 1.17 bits per heavy atom. The number of benzene rings is 1. The molecule has 0 amide bonds. The smallest absolute Gasteiger partial charge is 0.0247 e. The van der Waals surface area contributed by atoms with Crippen LogP contribution in [-0.2, 0) is 6.54 Å². The summed E-state index contributed by atoms with van der Waals surface area (Å²) in [5, 5.41) is 0. The maximum Gasteiger partial charge on any atom is 0.0247 e. The van der Waals surface area contributed by atoms with Crippen molar-refractivity contribution < 1.29 is 0 Å². The van der Waals surface area contributed by atoms with Crippen molar-refractivity contribution in [2.75, 3.05) is 13.1 Å². The minimum Gasteiger partial charge on any atom is -0.329 e. The van der Waals surface area contributed by atoms with E-state index in [9.17, 15) is 0 Å². The average Bonchev–Trinajstić information content (AvgIpc) is 2.40. The number of likely N-dealkylation sites (N-methyl/N-ethyl adjacent to an activating group) is 1. The Balaban J connectivity index is 2.68. The first kappa shape index (κ1) is 15.2. The Bertz CT molecular complexity index is 310. The van der Waals surface area contributed by atoms with Gasteiger partial charge in [0.05, 0.1) is 0 Å². The highest BCUT2D eigenvalue weighted by Gasteiger charge is 2.21. The minimum absolute atomic E-state index is 0.496. The van der Waals surface area contributed by atoms with Crippen LogP contribution >= 0.6 is 0 Å². The summed E-state index contributed by atoms with van der Waals surface area (Å²) in [6, 6.07) is 11.2. The molecule has 0 bridgehead atoms. The second-order valence-electron chi connectivity index (χ2n) is 5.12. The standard InChI is InChI=1S/C16H28N2/c1-4-9-14(3)16(12-17)18(5-2)13-15-10-7-6-8-11-15/h6-8,10-11,14,16H,4-5,9,12-13,17H2,1-3H3. The Hall–Kier alpha value is -0.860. The molecule has 2 unspecified atom stereocenters. The van der Waals surface area contributed by atoms with Crippen molar-refractivity contribution in [3.8, 4) is 0 Å². The van der Waals surface area contributed by atoms with Crippen molar-refractivity contribution in [1.82, 2.24) is 4.90 Å². The minimum atomic E-state index is 0.496. The van der Waals surface area contributed by atoms with E-state index in [1.54, 1.807) is 0 Å². The molecule has 0 radical (unpaired) electrons. The third-order valence-electron chi connectivity index (χ3n) is 3.75. The van der Waals surface area contributed by atoms with Crippen LogP contribution in [0.5, 0.6) is 0 Å². The molecule has 0 heterocycles. The van der Waals surface area contributed by atoms with E-state index in [0.717, 1.165) is 19.6 Å². The van der Waals surface area contributed by atoms with Crippen LogP contribution in [0.1, 0.15) is 39.2 Å². The van der Waals surface area contributed by atoms with Crippen LogP contribution in [0.3, 0.4) is 0 Å². The lowest BCUT2D eigenvalue weighted by Crippen LogP contribution is -2.44. The van der Waals surface area contributed by atoms with Gasteiger partial charge in [-0.05, 0) is 24.4 Å². The summed E-state index contributed by atoms with van der Waals surface area (Å²) < 4.78 is 0. The van der Waals surface area contributed by atoms with Crippen molar-refractivity contribution in [3.05, 3.63) is 35.9 Å². The van der Waals surface area contributed by atoms with Crippen molar-refractivity contribution >= 4 is 0 Å². The highest BCUT2D eigenvalue weighted by Crippen LogP contribution is 2.18. The fraction of sp³-hybridized carbons (Fsp3) is 0.625. The summed E-state index contributed by atoms with van der Waals surface area (Å²) in [5.74, 6) is 0.670. The first-order valence-electron chi connectivity index (χ1n) is 7.20. The van der Waals surface area contributed by atoms with Crippen LogP contribution in [0, 0.1) is 5.92 Å². The van der Waals surface area contributed by atoms with E-state index in [1.807, 2.05) is 0 Å². The Morgan fingerprint density at radius 2 is 1.83 bits per heavy atom. The molecule has 0 saturated heterocycles. The molecule has 0 aliphatic carbocycles. The van der Waals surface area contributed by atoms with E-state index >= 15 is 0 Å². The van der Waals surface area contributed by atoms with Crippen molar-refractivity contribution in [2.45, 2.75) is 46.2 Å². The maximum absolute atomic E-state index is 5.99. The van der Waals surface area contributed by atoms with E-state index in [0.29, 0.717) is 12.0 Å². The number of hydrogen-bond acceptors (Lipinski definition) is 2. The van der Waals surface area contributed by atoms with Gasteiger partial charge < -0.3 is 5.73 Å². The highest BCUT2D eigenvalue weighted by atomic mass is 15.2. The van der Waals surface area contributed by atoms with Gasteiger partial charge in [-0.25, -0.2) is 0 Å². The molecule has 1 aromatic rings. The van der Waals surface area contributed by atoms with Gasteiger partial charge in [0.2, 0.25) is 0 Å². The molecule has 2 atom stereocenters. The Kier molecular flexibility index (Phi) is 6.99. The molecule has 1 rings (SSSR count). The molecular formula is C16H28N2. The van der Waals surface area contributed by atoms with E-state index in [1.165, 1.54) is 18.4 Å². The number of nitrogens with zero attached hydrogens (tertiary/aromatic N) is 1. The van der Waals surface area contributed by atoms with Crippen LogP contribution in [0.2, 0.25) is 0 Å². The predicted molar refractivity (Wildman–Crippen MR) is 79.4 cm³/mol. The largest absolute Gasteiger partial charge is 0.329 e. The van der Waals surface area contributed by atoms with Gasteiger partial charge in [0, 0.05) is 19.1 Å². The van der Waals surface area contributed by atoms with Crippen LogP contribution in [-0.4, -0.2) is 24.0 Å². The van der Waals surface area contributed by atoms with Gasteiger partial charge in [0.15, 0.2) is 0 Å². The van der Waals surface area contributed by atoms with Gasteiger partial charge >= 0.3 is 0 Å². The molecule has 2 heteroatoms. The second-order valence-corrected chi connectivity index (χ2v) is 5.12. The summed E-state index contributed by atoms with van der Waals surface area (Å²) in [7, 11) is 0. The third kappa shape index (κ3) is 4.43. The molecule has 2 nitrogen and oxygen atoms in total. The molecule has 2 N–H and O–H groups in total. The number of hydrogen-bond donors (Lipinski definition) is 1. The maximum atomic E-state index is 5.99. The molecule has 0 spiro atoms. The molecule has 0 aromatic heterocycles. The lowest BCUT2D eigenvalue weighted by atomic mass is 9.95. The van der Waals surface area contributed by atoms with E-state index in [2.05, 4.69) is 56.0 Å². The average molecular weight is 248 g/mol. The van der Waals surface area contributed by atoms with Gasteiger partial charge in [-0.2, -0.15) is 0 Å². The first-order valence-corrected chi connectivity index (χ1v) is 7.20. The molecule has 0 fully saturated rings. The summed E-state index contributed by atoms with van der Waals surface area (Å²) >= 11 is 0. The van der Waals surface area contributed by atoms with Crippen LogP contribution in [0.25, 0.3) is 0 Å². The van der Waals surface area contributed by atoms with E-state index < -0.39 is 0 Å². The van der Waals surface area contributed by atoms with Crippen LogP contribution < -0.4 is 5.73 Å². The van der Waals surface area contributed by atoms with Gasteiger partial charge in [-0.1, -0.05) is 57.5 Å². The quantitative estimate of drug-likeness (QED) is 0.765. The normalized spacial score (nSPS) is 14.7. The van der Waals surface area contributed by atoms with Crippen LogP contribution in [0.4, 0.5) is 0 Å². The van der Waals surface area contributed by atoms with Crippen molar-refractivity contribution in [3.63, 3.8) is 0 Å². The lowest BCUT2D eigenvalue weighted by Gasteiger charge is -2.34.